The van der Waals surface area contributed by atoms with E-state index in [0.29, 0.717) is 21.2 Å². The fraction of sp³-hybridized carbons (Fsp3) is 0.222. The van der Waals surface area contributed by atoms with Crippen LogP contribution >= 0.6 is 23.6 Å². The number of ether oxygens (including phenoxy) is 2. The molecule has 138 valence electrons. The number of nitrogens with zero attached hydrogens (tertiary/aromatic N) is 3. The van der Waals surface area contributed by atoms with Gasteiger partial charge in [-0.1, -0.05) is 6.07 Å². The van der Waals surface area contributed by atoms with E-state index in [9.17, 15) is 4.79 Å². The summed E-state index contributed by atoms with van der Waals surface area (Å²) in [7, 11) is 0. The van der Waals surface area contributed by atoms with Crippen molar-refractivity contribution in [3.05, 3.63) is 62.8 Å². The number of nitrogens with one attached hydrogen (secondary N) is 1. The average molecular weight is 400 g/mol. The minimum absolute atomic E-state index is 0.0888. The van der Waals surface area contributed by atoms with E-state index in [1.165, 1.54) is 11.3 Å². The van der Waals surface area contributed by atoms with Gasteiger partial charge < -0.3 is 9.47 Å². The van der Waals surface area contributed by atoms with E-state index in [1.807, 2.05) is 23.6 Å². The molecule has 0 bridgehead atoms. The van der Waals surface area contributed by atoms with Gasteiger partial charge in [0.15, 0.2) is 5.82 Å². The maximum absolute atomic E-state index is 12.0. The number of rotatable bonds is 5. The van der Waals surface area contributed by atoms with Crippen LogP contribution in [0, 0.1) is 4.77 Å². The number of aromatic amines is 1. The van der Waals surface area contributed by atoms with Gasteiger partial charge in [-0.05, 0) is 66.3 Å². The van der Waals surface area contributed by atoms with Crippen LogP contribution in [-0.2, 0) is 4.74 Å². The van der Waals surface area contributed by atoms with Crippen molar-refractivity contribution in [1.82, 2.24) is 14.9 Å². The van der Waals surface area contributed by atoms with Crippen LogP contribution in [0.3, 0.4) is 0 Å². The fourth-order valence-corrected chi connectivity index (χ4v) is 3.49. The predicted octanol–water partition coefficient (Wildman–Crippen LogP) is 3.96. The van der Waals surface area contributed by atoms with Crippen LogP contribution in [0.25, 0.3) is 0 Å². The Hall–Kier alpha value is -2.62. The fourth-order valence-electron chi connectivity index (χ4n) is 2.70. The lowest BCUT2D eigenvalue weighted by Gasteiger charge is -2.07. The second-order valence-corrected chi connectivity index (χ2v) is 7.22. The van der Waals surface area contributed by atoms with Gasteiger partial charge in [-0.3, -0.25) is 5.10 Å². The third-order valence-electron chi connectivity index (χ3n) is 4.03. The predicted molar refractivity (Wildman–Crippen MR) is 104 cm³/mol. The first kappa shape index (κ1) is 17.8. The second-order valence-electron chi connectivity index (χ2n) is 5.88. The van der Waals surface area contributed by atoms with Crippen molar-refractivity contribution >= 4 is 35.7 Å². The van der Waals surface area contributed by atoms with Crippen LogP contribution in [0.4, 0.5) is 0 Å². The summed E-state index contributed by atoms with van der Waals surface area (Å²) < 4.78 is 13.0. The lowest BCUT2D eigenvalue weighted by molar-refractivity contribution is 0.0740. The van der Waals surface area contributed by atoms with Crippen molar-refractivity contribution in [2.75, 3.05) is 6.61 Å². The summed E-state index contributed by atoms with van der Waals surface area (Å²) in [5.41, 5.74) is 0.840. The van der Waals surface area contributed by atoms with E-state index in [4.69, 9.17) is 21.7 Å². The molecule has 1 fully saturated rings. The molecule has 0 amide bonds. The number of thiophene rings is 1. The zero-order valence-corrected chi connectivity index (χ0v) is 15.8. The first-order valence-corrected chi connectivity index (χ1v) is 9.68. The molecule has 2 aromatic heterocycles. The van der Waals surface area contributed by atoms with Gasteiger partial charge >= 0.3 is 5.97 Å². The molecule has 1 aromatic carbocycles. The third-order valence-corrected chi connectivity index (χ3v) is 5.14. The number of esters is 1. The summed E-state index contributed by atoms with van der Waals surface area (Å²) in [5.74, 6) is 0.790. The van der Waals surface area contributed by atoms with Crippen molar-refractivity contribution in [1.29, 1.82) is 0 Å². The van der Waals surface area contributed by atoms with Gasteiger partial charge in [-0.25, -0.2) is 4.79 Å². The number of hydrogen-bond acceptors (Lipinski definition) is 7. The number of hydrogen-bond donors (Lipinski definition) is 1. The highest BCUT2D eigenvalue weighted by Crippen LogP contribution is 2.27. The highest BCUT2D eigenvalue weighted by Gasteiger charge is 2.23. The summed E-state index contributed by atoms with van der Waals surface area (Å²) >= 11 is 6.60. The number of benzene rings is 1. The largest absolute Gasteiger partial charge is 0.422 e. The molecular formula is C18H16N4O3S2. The van der Waals surface area contributed by atoms with E-state index >= 15 is 0 Å². The maximum atomic E-state index is 12.0. The van der Waals surface area contributed by atoms with Gasteiger partial charge in [0.1, 0.15) is 16.7 Å². The Balaban J connectivity index is 1.46. The highest BCUT2D eigenvalue weighted by atomic mass is 32.1. The molecule has 0 radical (unpaired) electrons. The summed E-state index contributed by atoms with van der Waals surface area (Å²) in [6.07, 6.45) is 3.49. The van der Waals surface area contributed by atoms with E-state index in [0.717, 1.165) is 25.0 Å². The zero-order valence-electron chi connectivity index (χ0n) is 14.2. The Morgan fingerprint density at radius 2 is 2.26 bits per heavy atom. The minimum Gasteiger partial charge on any atom is -0.422 e. The molecule has 3 aromatic rings. The standard InChI is InChI=1S/C18H16N4O3S2/c23-17(15-4-2-10-27-15)25-13-7-5-12(6-8-13)11-19-22-16(20-21-18(22)26)14-3-1-9-24-14/h2,4-8,10-11,14H,1,3,9H2,(H,21,26)/b19-11-. The molecule has 1 N–H and O–H groups in total. The molecule has 7 nitrogen and oxygen atoms in total. The van der Waals surface area contributed by atoms with Crippen molar-refractivity contribution in [3.8, 4) is 5.75 Å². The molecule has 1 aliphatic heterocycles. The zero-order chi connectivity index (χ0) is 18.6. The van der Waals surface area contributed by atoms with E-state index in [-0.39, 0.29) is 12.1 Å². The van der Waals surface area contributed by atoms with Crippen molar-refractivity contribution in [2.24, 2.45) is 5.10 Å². The summed E-state index contributed by atoms with van der Waals surface area (Å²) in [5, 5.41) is 13.2. The number of aromatic nitrogens is 3. The molecule has 0 saturated carbocycles. The van der Waals surface area contributed by atoms with Crippen LogP contribution < -0.4 is 4.74 Å². The van der Waals surface area contributed by atoms with Crippen LogP contribution in [0.2, 0.25) is 0 Å². The first-order chi connectivity index (χ1) is 13.2. The molecule has 1 saturated heterocycles. The van der Waals surface area contributed by atoms with E-state index in [2.05, 4.69) is 15.3 Å². The molecule has 1 atom stereocenters. The molecule has 4 rings (SSSR count). The molecule has 1 aliphatic rings. The van der Waals surface area contributed by atoms with E-state index in [1.54, 1.807) is 29.1 Å². The Kier molecular flexibility index (Phi) is 5.23. The average Bonchev–Trinajstić information content (AvgIpc) is 3.43. The summed E-state index contributed by atoms with van der Waals surface area (Å²) in [6.45, 7) is 0.722. The monoisotopic (exact) mass is 400 g/mol. The summed E-state index contributed by atoms with van der Waals surface area (Å²) in [6, 6.07) is 10.6. The van der Waals surface area contributed by atoms with Crippen LogP contribution in [0.1, 0.15) is 40.0 Å². The lowest BCUT2D eigenvalue weighted by Crippen LogP contribution is -2.06. The second kappa shape index (κ2) is 7.95. The Bertz CT molecular complexity index is 1000. The quantitative estimate of drug-likeness (QED) is 0.303. The number of carbonyl (C=O) groups is 1. The Morgan fingerprint density at radius 1 is 1.41 bits per heavy atom. The van der Waals surface area contributed by atoms with Crippen molar-refractivity contribution in [2.45, 2.75) is 18.9 Å². The van der Waals surface area contributed by atoms with Crippen molar-refractivity contribution < 1.29 is 14.3 Å². The third kappa shape index (κ3) is 4.05. The minimum atomic E-state index is -0.364. The molecule has 0 aliphatic carbocycles. The van der Waals surface area contributed by atoms with Gasteiger partial charge in [-0.15, -0.1) is 11.3 Å². The lowest BCUT2D eigenvalue weighted by atomic mass is 10.2. The van der Waals surface area contributed by atoms with Crippen LogP contribution in [-0.4, -0.2) is 33.7 Å². The first-order valence-electron chi connectivity index (χ1n) is 8.40. The topological polar surface area (TPSA) is 81.5 Å². The van der Waals surface area contributed by atoms with Crippen LogP contribution in [0.15, 0.2) is 46.9 Å². The molecule has 3 heterocycles. The molecule has 0 spiro atoms. The van der Waals surface area contributed by atoms with Gasteiger partial charge in [0.25, 0.3) is 0 Å². The Morgan fingerprint density at radius 3 is 2.96 bits per heavy atom. The van der Waals surface area contributed by atoms with Gasteiger partial charge in [0, 0.05) is 6.61 Å². The molecular weight excluding hydrogens is 384 g/mol. The highest BCUT2D eigenvalue weighted by molar-refractivity contribution is 7.71. The smallest absolute Gasteiger partial charge is 0.353 e. The van der Waals surface area contributed by atoms with Gasteiger partial charge in [-0.2, -0.15) is 14.9 Å². The maximum Gasteiger partial charge on any atom is 0.353 e. The van der Waals surface area contributed by atoms with Crippen molar-refractivity contribution in [3.63, 3.8) is 0 Å². The number of H-pyrrole nitrogens is 1. The SMILES string of the molecule is O=C(Oc1ccc(/C=N\n2c(C3CCCO3)n[nH]c2=S)cc1)c1cccs1. The Labute approximate surface area is 164 Å². The molecule has 1 unspecified atom stereocenters. The van der Waals surface area contributed by atoms with Gasteiger partial charge in [0.05, 0.1) is 6.21 Å². The van der Waals surface area contributed by atoms with Gasteiger partial charge in [0.2, 0.25) is 4.77 Å². The van der Waals surface area contributed by atoms with E-state index < -0.39 is 0 Å². The normalized spacial score (nSPS) is 16.8. The number of carbonyl (C=O) groups excluding carboxylic acids is 1. The summed E-state index contributed by atoms with van der Waals surface area (Å²) in [4.78, 5) is 12.5. The molecule has 9 heteroatoms. The molecule has 27 heavy (non-hydrogen) atoms. The van der Waals surface area contributed by atoms with Crippen LogP contribution in [0.5, 0.6) is 5.75 Å².